The lowest BCUT2D eigenvalue weighted by molar-refractivity contribution is 1.28. The van der Waals surface area contributed by atoms with E-state index in [1.54, 1.807) is 0 Å². The Morgan fingerprint density at radius 3 is 1.16 bits per heavy atom. The highest BCUT2D eigenvalue weighted by Crippen LogP contribution is 2.49. The Bertz CT molecular complexity index is 2890. The van der Waals surface area contributed by atoms with Crippen LogP contribution in [0, 0.1) is 0 Å². The molecule has 0 aliphatic heterocycles. The quantitative estimate of drug-likeness (QED) is 0.141. The molecule has 0 aliphatic rings. The highest BCUT2D eigenvalue weighted by atomic mass is 15.1. The van der Waals surface area contributed by atoms with E-state index in [2.05, 4.69) is 241 Å². The largest absolute Gasteiger partial charge is 0.309 e. The third-order valence-corrected chi connectivity index (χ3v) is 11.1. The Hall–Kier alpha value is -7.48. The summed E-state index contributed by atoms with van der Waals surface area (Å²) in [7, 11) is 0. The van der Waals surface area contributed by atoms with Crippen molar-refractivity contribution in [3.05, 3.63) is 237 Å². The van der Waals surface area contributed by atoms with Crippen LogP contribution in [0.25, 0.3) is 77.2 Å². The van der Waals surface area contributed by atoms with Crippen molar-refractivity contribution < 1.29 is 0 Å². The Morgan fingerprint density at radius 2 is 0.614 bits per heavy atom. The van der Waals surface area contributed by atoms with E-state index in [0.717, 1.165) is 17.1 Å². The van der Waals surface area contributed by atoms with Gasteiger partial charge in [-0.25, -0.2) is 0 Å². The monoisotopic (exact) mass is 725 g/mol. The summed E-state index contributed by atoms with van der Waals surface area (Å²) >= 11 is 0. The van der Waals surface area contributed by atoms with Gasteiger partial charge in [0.05, 0.1) is 11.4 Å². The van der Waals surface area contributed by atoms with E-state index in [1.807, 2.05) is 0 Å². The molecule has 0 aromatic heterocycles. The predicted molar refractivity (Wildman–Crippen MR) is 243 cm³/mol. The lowest BCUT2D eigenvalue weighted by Gasteiger charge is -2.30. The fourth-order valence-corrected chi connectivity index (χ4v) is 8.54. The number of hydrogen-bond acceptors (Lipinski definition) is 1. The van der Waals surface area contributed by atoms with Gasteiger partial charge in [0.1, 0.15) is 0 Å². The lowest BCUT2D eigenvalue weighted by Crippen LogP contribution is -2.12. The zero-order chi connectivity index (χ0) is 38.0. The first-order chi connectivity index (χ1) is 28.3. The fraction of sp³-hybridized carbons (Fsp3) is 0. The summed E-state index contributed by atoms with van der Waals surface area (Å²) in [5, 5.41) is 5.02. The first-order valence-corrected chi connectivity index (χ1v) is 19.6. The summed E-state index contributed by atoms with van der Waals surface area (Å²) in [6, 6.07) is 85.5. The van der Waals surface area contributed by atoms with Crippen molar-refractivity contribution in [1.29, 1.82) is 0 Å². The third-order valence-electron chi connectivity index (χ3n) is 11.1. The van der Waals surface area contributed by atoms with Crippen LogP contribution in [0.4, 0.5) is 17.1 Å². The zero-order valence-corrected chi connectivity index (χ0v) is 31.5. The molecule has 0 saturated heterocycles. The summed E-state index contributed by atoms with van der Waals surface area (Å²) in [5.74, 6) is 0. The minimum absolute atomic E-state index is 1.09. The second-order valence-electron chi connectivity index (χ2n) is 14.4. The number of nitrogens with zero attached hydrogens (tertiary/aromatic N) is 1. The number of hydrogen-bond donors (Lipinski definition) is 0. The van der Waals surface area contributed by atoms with Gasteiger partial charge in [-0.15, -0.1) is 0 Å². The van der Waals surface area contributed by atoms with Gasteiger partial charge < -0.3 is 4.90 Å². The van der Waals surface area contributed by atoms with Crippen LogP contribution in [0.3, 0.4) is 0 Å². The molecule has 0 unspecified atom stereocenters. The van der Waals surface area contributed by atoms with Crippen LogP contribution < -0.4 is 4.90 Å². The van der Waals surface area contributed by atoms with Crippen molar-refractivity contribution in [3.8, 4) is 55.6 Å². The van der Waals surface area contributed by atoms with Crippen LogP contribution in [0.5, 0.6) is 0 Å². The van der Waals surface area contributed by atoms with Crippen LogP contribution in [-0.4, -0.2) is 0 Å². The maximum Gasteiger partial charge on any atom is 0.0540 e. The molecule has 10 rings (SSSR count). The molecule has 0 spiro atoms. The molecule has 268 valence electrons. The molecule has 0 bridgehead atoms. The second-order valence-corrected chi connectivity index (χ2v) is 14.4. The molecule has 1 nitrogen and oxygen atoms in total. The Morgan fingerprint density at radius 1 is 0.228 bits per heavy atom. The van der Waals surface area contributed by atoms with E-state index in [4.69, 9.17) is 0 Å². The maximum absolute atomic E-state index is 2.42. The van der Waals surface area contributed by atoms with E-state index in [-0.39, 0.29) is 0 Å². The van der Waals surface area contributed by atoms with Crippen molar-refractivity contribution in [1.82, 2.24) is 0 Å². The van der Waals surface area contributed by atoms with E-state index in [1.165, 1.54) is 77.2 Å². The maximum atomic E-state index is 2.42. The molecule has 0 heterocycles. The molecule has 0 aliphatic carbocycles. The van der Waals surface area contributed by atoms with Gasteiger partial charge in [0, 0.05) is 16.8 Å². The van der Waals surface area contributed by atoms with Gasteiger partial charge in [0.25, 0.3) is 0 Å². The predicted octanol–water partition coefficient (Wildman–Crippen LogP) is 15.8. The third kappa shape index (κ3) is 6.26. The van der Waals surface area contributed by atoms with Gasteiger partial charge in [-0.3, -0.25) is 0 Å². The number of para-hydroxylation sites is 2. The smallest absolute Gasteiger partial charge is 0.0540 e. The molecule has 0 amide bonds. The van der Waals surface area contributed by atoms with E-state index >= 15 is 0 Å². The summed E-state index contributed by atoms with van der Waals surface area (Å²) < 4.78 is 0. The summed E-state index contributed by atoms with van der Waals surface area (Å²) in [4.78, 5) is 2.42. The molecule has 0 radical (unpaired) electrons. The molecule has 0 fully saturated rings. The first kappa shape index (κ1) is 34.0. The molecule has 1 heteroatoms. The number of anilines is 3. The number of fused-ring (bicyclic) bond motifs is 3. The van der Waals surface area contributed by atoms with Crippen LogP contribution in [0.15, 0.2) is 237 Å². The molecule has 0 atom stereocenters. The van der Waals surface area contributed by atoms with Crippen LogP contribution in [0.1, 0.15) is 0 Å². The zero-order valence-electron chi connectivity index (χ0n) is 31.5. The topological polar surface area (TPSA) is 3.24 Å². The van der Waals surface area contributed by atoms with Gasteiger partial charge >= 0.3 is 0 Å². The van der Waals surface area contributed by atoms with Crippen molar-refractivity contribution in [2.75, 3.05) is 4.90 Å². The molecule has 57 heavy (non-hydrogen) atoms. The lowest BCUT2D eigenvalue weighted by atomic mass is 9.82. The van der Waals surface area contributed by atoms with Gasteiger partial charge in [-0.05, 0) is 90.3 Å². The van der Waals surface area contributed by atoms with Gasteiger partial charge in [0.2, 0.25) is 0 Å². The Labute approximate surface area is 334 Å². The first-order valence-electron chi connectivity index (χ1n) is 19.6. The molecule has 0 saturated carbocycles. The van der Waals surface area contributed by atoms with Crippen molar-refractivity contribution in [2.45, 2.75) is 0 Å². The normalized spacial score (nSPS) is 11.2. The Balaban J connectivity index is 1.21. The van der Waals surface area contributed by atoms with Gasteiger partial charge in [-0.2, -0.15) is 0 Å². The SMILES string of the molecule is c1ccc(-c2ccccc2N(c2ccc(-c3cccc4c3c(-c3ccccc3)c(-c3ccccc3)c3ccccc34)cc2)c2ccccc2-c2ccccc2)cc1. The average molecular weight is 726 g/mol. The van der Waals surface area contributed by atoms with E-state index in [9.17, 15) is 0 Å². The van der Waals surface area contributed by atoms with Crippen molar-refractivity contribution in [2.24, 2.45) is 0 Å². The minimum atomic E-state index is 1.09. The number of rotatable bonds is 8. The second kappa shape index (κ2) is 15.0. The Kier molecular flexibility index (Phi) is 8.95. The van der Waals surface area contributed by atoms with E-state index in [0.29, 0.717) is 0 Å². The average Bonchev–Trinajstić information content (AvgIpc) is 3.30. The van der Waals surface area contributed by atoms with Gasteiger partial charge in [0.15, 0.2) is 0 Å². The standard InChI is InChI=1S/C56H39N/c1-5-20-40(21-6-1)46-28-15-17-34-52(46)57(53-35-18-16-29-47(53)41-22-7-2-8-23-41)45-38-36-42(37-39-45)48-32-19-33-51-49-30-13-14-31-50(49)54(43-24-9-3-10-25-43)55(56(48)51)44-26-11-4-12-27-44/h1-39H. The van der Waals surface area contributed by atoms with Crippen molar-refractivity contribution >= 4 is 38.6 Å². The van der Waals surface area contributed by atoms with Crippen LogP contribution >= 0.6 is 0 Å². The summed E-state index contributed by atoms with van der Waals surface area (Å²) in [6.07, 6.45) is 0. The number of benzene rings is 10. The van der Waals surface area contributed by atoms with E-state index < -0.39 is 0 Å². The molecular weight excluding hydrogens is 687 g/mol. The van der Waals surface area contributed by atoms with Crippen molar-refractivity contribution in [3.63, 3.8) is 0 Å². The fourth-order valence-electron chi connectivity index (χ4n) is 8.54. The molecule has 10 aromatic carbocycles. The highest BCUT2D eigenvalue weighted by molar-refractivity contribution is 6.24. The summed E-state index contributed by atoms with van der Waals surface area (Å²) in [6.45, 7) is 0. The van der Waals surface area contributed by atoms with Crippen LogP contribution in [0.2, 0.25) is 0 Å². The summed E-state index contributed by atoms with van der Waals surface area (Å²) in [5.41, 5.74) is 15.3. The van der Waals surface area contributed by atoms with Gasteiger partial charge in [-0.1, -0.05) is 212 Å². The molecule has 0 N–H and O–H groups in total. The highest BCUT2D eigenvalue weighted by Gasteiger charge is 2.22. The van der Waals surface area contributed by atoms with Crippen LogP contribution in [-0.2, 0) is 0 Å². The molecular formula is C56H39N. The molecule has 10 aromatic rings. The minimum Gasteiger partial charge on any atom is -0.309 e.